The molecule has 1 unspecified atom stereocenters. The molecule has 0 spiro atoms. The highest BCUT2D eigenvalue weighted by Gasteiger charge is 2.13. The number of aromatic nitrogens is 1. The predicted molar refractivity (Wildman–Crippen MR) is 64.1 cm³/mol. The van der Waals surface area contributed by atoms with Crippen LogP contribution in [0.1, 0.15) is 12.8 Å². The zero-order valence-corrected chi connectivity index (χ0v) is 9.28. The Balaban J connectivity index is 1.83. The summed E-state index contributed by atoms with van der Waals surface area (Å²) in [5.41, 5.74) is 3.57. The standard InChI is InChI=1S/C11H18N4O/c12-15-11-6-10(3-4-13-11)14-7-9-2-1-5-16-8-9/h3-4,6,9H,1-2,5,7-8,12H2,(H2,13,14,15). The minimum atomic E-state index is 0.608. The molecule has 1 atom stereocenters. The number of nitrogens with one attached hydrogen (secondary N) is 2. The van der Waals surface area contributed by atoms with Gasteiger partial charge in [-0.25, -0.2) is 10.8 Å². The van der Waals surface area contributed by atoms with Crippen molar-refractivity contribution in [2.45, 2.75) is 12.8 Å². The molecule has 0 aliphatic carbocycles. The summed E-state index contributed by atoms with van der Waals surface area (Å²) in [6.45, 7) is 2.71. The van der Waals surface area contributed by atoms with Crippen LogP contribution in [0.3, 0.4) is 0 Å². The third-order valence-electron chi connectivity index (χ3n) is 2.76. The van der Waals surface area contributed by atoms with Crippen molar-refractivity contribution in [2.75, 3.05) is 30.5 Å². The Labute approximate surface area is 95.4 Å². The Morgan fingerprint density at radius 1 is 1.56 bits per heavy atom. The van der Waals surface area contributed by atoms with Crippen molar-refractivity contribution in [3.63, 3.8) is 0 Å². The maximum Gasteiger partial charge on any atom is 0.141 e. The van der Waals surface area contributed by atoms with Crippen molar-refractivity contribution in [2.24, 2.45) is 11.8 Å². The number of nitrogens with two attached hydrogens (primary N) is 1. The largest absolute Gasteiger partial charge is 0.385 e. The van der Waals surface area contributed by atoms with Gasteiger partial charge in [0.15, 0.2) is 0 Å². The quantitative estimate of drug-likeness (QED) is 0.527. The molecule has 2 rings (SSSR count). The van der Waals surface area contributed by atoms with Crippen LogP contribution in [-0.4, -0.2) is 24.7 Å². The van der Waals surface area contributed by atoms with Gasteiger partial charge in [-0.3, -0.25) is 0 Å². The molecule has 1 aromatic rings. The molecule has 4 N–H and O–H groups in total. The highest BCUT2D eigenvalue weighted by Crippen LogP contribution is 2.16. The zero-order chi connectivity index (χ0) is 11.2. The number of anilines is 2. The van der Waals surface area contributed by atoms with E-state index < -0.39 is 0 Å². The molecule has 0 saturated carbocycles. The Morgan fingerprint density at radius 2 is 2.50 bits per heavy atom. The van der Waals surface area contributed by atoms with Crippen LogP contribution < -0.4 is 16.6 Å². The van der Waals surface area contributed by atoms with E-state index in [-0.39, 0.29) is 0 Å². The van der Waals surface area contributed by atoms with Crippen molar-refractivity contribution in [1.29, 1.82) is 0 Å². The smallest absolute Gasteiger partial charge is 0.141 e. The van der Waals surface area contributed by atoms with Crippen LogP contribution in [0.15, 0.2) is 18.3 Å². The molecule has 1 aliphatic rings. The minimum absolute atomic E-state index is 0.608. The van der Waals surface area contributed by atoms with Crippen molar-refractivity contribution in [1.82, 2.24) is 4.98 Å². The van der Waals surface area contributed by atoms with Crippen molar-refractivity contribution in [3.05, 3.63) is 18.3 Å². The van der Waals surface area contributed by atoms with Gasteiger partial charge < -0.3 is 15.5 Å². The highest BCUT2D eigenvalue weighted by atomic mass is 16.5. The highest BCUT2D eigenvalue weighted by molar-refractivity contribution is 5.51. The first kappa shape index (κ1) is 11.2. The summed E-state index contributed by atoms with van der Waals surface area (Å²) in [5, 5.41) is 3.37. The van der Waals surface area contributed by atoms with Crippen LogP contribution in [0.5, 0.6) is 0 Å². The molecule has 2 heterocycles. The molecule has 88 valence electrons. The van der Waals surface area contributed by atoms with E-state index in [1.165, 1.54) is 6.42 Å². The Kier molecular flexibility index (Phi) is 3.96. The molecule has 0 bridgehead atoms. The third-order valence-corrected chi connectivity index (χ3v) is 2.76. The fraction of sp³-hybridized carbons (Fsp3) is 0.545. The normalized spacial score (nSPS) is 20.4. The number of rotatable bonds is 4. The van der Waals surface area contributed by atoms with Crippen LogP contribution >= 0.6 is 0 Å². The number of pyridine rings is 1. The second-order valence-corrected chi connectivity index (χ2v) is 4.04. The number of nitrogen functional groups attached to an aromatic ring is 1. The second-order valence-electron chi connectivity index (χ2n) is 4.04. The zero-order valence-electron chi connectivity index (χ0n) is 9.28. The van der Waals surface area contributed by atoms with E-state index >= 15 is 0 Å². The lowest BCUT2D eigenvalue weighted by Crippen LogP contribution is -2.24. The molecule has 1 fully saturated rings. The Hall–Kier alpha value is -1.33. The van der Waals surface area contributed by atoms with Gasteiger partial charge in [0.25, 0.3) is 0 Å². The summed E-state index contributed by atoms with van der Waals surface area (Å²) in [6.07, 6.45) is 4.13. The summed E-state index contributed by atoms with van der Waals surface area (Å²) in [6, 6.07) is 3.83. The molecule has 5 heteroatoms. The molecule has 1 saturated heterocycles. The van der Waals surface area contributed by atoms with Gasteiger partial charge in [-0.15, -0.1) is 0 Å². The molecule has 5 nitrogen and oxygen atoms in total. The summed E-state index contributed by atoms with van der Waals surface area (Å²) in [5.74, 6) is 6.58. The molecule has 1 aliphatic heterocycles. The Morgan fingerprint density at radius 3 is 3.25 bits per heavy atom. The first-order valence-electron chi connectivity index (χ1n) is 5.63. The van der Waals surface area contributed by atoms with E-state index in [2.05, 4.69) is 15.7 Å². The van der Waals surface area contributed by atoms with Crippen molar-refractivity contribution < 1.29 is 4.74 Å². The van der Waals surface area contributed by atoms with Crippen LogP contribution in [0.2, 0.25) is 0 Å². The number of hydrogen-bond donors (Lipinski definition) is 3. The molecule has 0 amide bonds. The molecular formula is C11H18N4O. The van der Waals surface area contributed by atoms with E-state index in [1.54, 1.807) is 6.20 Å². The van der Waals surface area contributed by atoms with Gasteiger partial charge in [-0.05, 0) is 24.8 Å². The summed E-state index contributed by atoms with van der Waals surface area (Å²) >= 11 is 0. The molecule has 0 radical (unpaired) electrons. The fourth-order valence-corrected chi connectivity index (χ4v) is 1.85. The fourth-order valence-electron chi connectivity index (χ4n) is 1.85. The van der Waals surface area contributed by atoms with Gasteiger partial charge in [0.2, 0.25) is 0 Å². The topological polar surface area (TPSA) is 72.2 Å². The number of hydrazine groups is 1. The van der Waals surface area contributed by atoms with E-state index in [0.717, 1.165) is 31.9 Å². The summed E-state index contributed by atoms with van der Waals surface area (Å²) in [4.78, 5) is 4.05. The third kappa shape index (κ3) is 3.08. The first-order chi connectivity index (χ1) is 7.88. The van der Waals surface area contributed by atoms with Crippen LogP contribution in [0.25, 0.3) is 0 Å². The molecular weight excluding hydrogens is 204 g/mol. The van der Waals surface area contributed by atoms with Gasteiger partial charge in [-0.2, -0.15) is 0 Å². The van der Waals surface area contributed by atoms with Gasteiger partial charge in [-0.1, -0.05) is 0 Å². The lowest BCUT2D eigenvalue weighted by molar-refractivity contribution is 0.0595. The maximum atomic E-state index is 5.43. The summed E-state index contributed by atoms with van der Waals surface area (Å²) in [7, 11) is 0. The number of hydrogen-bond acceptors (Lipinski definition) is 5. The van der Waals surface area contributed by atoms with Crippen LogP contribution in [-0.2, 0) is 4.74 Å². The lowest BCUT2D eigenvalue weighted by Gasteiger charge is -2.22. The van der Waals surface area contributed by atoms with E-state index in [0.29, 0.717) is 11.7 Å². The average molecular weight is 222 g/mol. The number of nitrogens with zero attached hydrogens (tertiary/aromatic N) is 1. The van der Waals surface area contributed by atoms with Crippen molar-refractivity contribution >= 4 is 11.5 Å². The Bertz CT molecular complexity index is 326. The number of ether oxygens (including phenoxy) is 1. The van der Waals surface area contributed by atoms with Gasteiger partial charge in [0.1, 0.15) is 5.82 Å². The van der Waals surface area contributed by atoms with E-state index in [4.69, 9.17) is 10.6 Å². The van der Waals surface area contributed by atoms with Crippen LogP contribution in [0.4, 0.5) is 11.5 Å². The monoisotopic (exact) mass is 222 g/mol. The molecule has 16 heavy (non-hydrogen) atoms. The summed E-state index contributed by atoms with van der Waals surface area (Å²) < 4.78 is 5.43. The molecule has 1 aromatic heterocycles. The first-order valence-corrected chi connectivity index (χ1v) is 5.63. The lowest BCUT2D eigenvalue weighted by atomic mass is 10.0. The van der Waals surface area contributed by atoms with Gasteiger partial charge in [0.05, 0.1) is 6.61 Å². The minimum Gasteiger partial charge on any atom is -0.385 e. The maximum absolute atomic E-state index is 5.43. The van der Waals surface area contributed by atoms with Gasteiger partial charge >= 0.3 is 0 Å². The van der Waals surface area contributed by atoms with Crippen molar-refractivity contribution in [3.8, 4) is 0 Å². The SMILES string of the molecule is NNc1cc(NCC2CCCOC2)ccn1. The van der Waals surface area contributed by atoms with Gasteiger partial charge in [0, 0.05) is 31.1 Å². The average Bonchev–Trinajstić information content (AvgIpc) is 2.38. The van der Waals surface area contributed by atoms with Crippen LogP contribution in [0, 0.1) is 5.92 Å². The van der Waals surface area contributed by atoms with E-state index in [1.807, 2.05) is 12.1 Å². The second kappa shape index (κ2) is 5.67. The van der Waals surface area contributed by atoms with E-state index in [9.17, 15) is 0 Å². The molecule has 0 aromatic carbocycles. The predicted octanol–water partition coefficient (Wildman–Crippen LogP) is 1.21.